The molecule has 1 aliphatic rings. The van der Waals surface area contributed by atoms with Crippen LogP contribution in [-0.4, -0.2) is 38.3 Å². The van der Waals surface area contributed by atoms with E-state index in [0.29, 0.717) is 18.0 Å². The molecule has 0 saturated carbocycles. The fourth-order valence-corrected chi connectivity index (χ4v) is 4.84. The molecule has 5 nitrogen and oxygen atoms in total. The Balaban J connectivity index is 1.87. The van der Waals surface area contributed by atoms with Crippen LogP contribution in [0.15, 0.2) is 29.2 Å². The number of nitrogens with one attached hydrogen (secondary N) is 1. The summed E-state index contributed by atoms with van der Waals surface area (Å²) < 4.78 is 27.1. The van der Waals surface area contributed by atoms with Gasteiger partial charge in [0.15, 0.2) is 0 Å². The van der Waals surface area contributed by atoms with E-state index < -0.39 is 10.0 Å². The van der Waals surface area contributed by atoms with Crippen LogP contribution >= 0.6 is 0 Å². The highest BCUT2D eigenvalue weighted by Gasteiger charge is 2.33. The SMILES string of the molecule is CCCCCCCNC(=O)C1CCCN(S(=O)(=O)c2ccc(C)cc2)C1. The summed E-state index contributed by atoms with van der Waals surface area (Å²) in [4.78, 5) is 12.7. The van der Waals surface area contributed by atoms with Crippen molar-refractivity contribution in [3.05, 3.63) is 29.8 Å². The van der Waals surface area contributed by atoms with E-state index in [1.807, 2.05) is 6.92 Å². The second-order valence-electron chi connectivity index (χ2n) is 7.22. The minimum absolute atomic E-state index is 0.00991. The first-order chi connectivity index (χ1) is 12.4. The van der Waals surface area contributed by atoms with Crippen molar-refractivity contribution in [2.24, 2.45) is 5.92 Å². The maximum atomic E-state index is 12.8. The van der Waals surface area contributed by atoms with Crippen molar-refractivity contribution in [3.8, 4) is 0 Å². The molecule has 1 amide bonds. The normalized spacial score (nSPS) is 18.6. The van der Waals surface area contributed by atoms with Crippen LogP contribution in [0.4, 0.5) is 0 Å². The third-order valence-electron chi connectivity index (χ3n) is 4.99. The van der Waals surface area contributed by atoms with Gasteiger partial charge in [0.25, 0.3) is 0 Å². The van der Waals surface area contributed by atoms with Gasteiger partial charge in [-0.2, -0.15) is 4.31 Å². The quantitative estimate of drug-likeness (QED) is 0.667. The Bertz CT molecular complexity index is 671. The second kappa shape index (κ2) is 10.1. The van der Waals surface area contributed by atoms with E-state index in [1.165, 1.54) is 23.6 Å². The van der Waals surface area contributed by atoms with Crippen LogP contribution in [0.3, 0.4) is 0 Å². The Hall–Kier alpha value is -1.40. The minimum Gasteiger partial charge on any atom is -0.356 e. The maximum Gasteiger partial charge on any atom is 0.243 e. The molecule has 1 heterocycles. The maximum absolute atomic E-state index is 12.8. The molecular weight excluding hydrogens is 348 g/mol. The summed E-state index contributed by atoms with van der Waals surface area (Å²) >= 11 is 0. The Labute approximate surface area is 158 Å². The number of carbonyl (C=O) groups excluding carboxylic acids is 1. The number of nitrogens with zero attached hydrogens (tertiary/aromatic N) is 1. The zero-order valence-electron chi connectivity index (χ0n) is 16.0. The topological polar surface area (TPSA) is 66.5 Å². The van der Waals surface area contributed by atoms with Crippen LogP contribution in [-0.2, 0) is 14.8 Å². The Morgan fingerprint density at radius 1 is 1.15 bits per heavy atom. The first-order valence-electron chi connectivity index (χ1n) is 9.79. The zero-order chi connectivity index (χ0) is 19.0. The number of piperidine rings is 1. The number of amides is 1. The lowest BCUT2D eigenvalue weighted by molar-refractivity contribution is -0.126. The van der Waals surface area contributed by atoms with E-state index in [-0.39, 0.29) is 18.4 Å². The molecule has 0 bridgehead atoms. The average molecular weight is 381 g/mol. The summed E-state index contributed by atoms with van der Waals surface area (Å²) in [5.74, 6) is -0.260. The van der Waals surface area contributed by atoms with Crippen molar-refractivity contribution in [2.45, 2.75) is 63.7 Å². The highest BCUT2D eigenvalue weighted by molar-refractivity contribution is 7.89. The smallest absolute Gasteiger partial charge is 0.243 e. The summed E-state index contributed by atoms with van der Waals surface area (Å²) in [6.45, 7) is 5.56. The van der Waals surface area contributed by atoms with Gasteiger partial charge >= 0.3 is 0 Å². The number of aryl methyl sites for hydroxylation is 1. The molecule has 1 atom stereocenters. The summed E-state index contributed by atoms with van der Waals surface area (Å²) in [7, 11) is -3.53. The molecule has 1 fully saturated rings. The Morgan fingerprint density at radius 3 is 2.54 bits per heavy atom. The molecule has 1 unspecified atom stereocenters. The summed E-state index contributed by atoms with van der Waals surface area (Å²) in [5.41, 5.74) is 1.03. The Kier molecular flexibility index (Phi) is 8.10. The highest BCUT2D eigenvalue weighted by atomic mass is 32.2. The highest BCUT2D eigenvalue weighted by Crippen LogP contribution is 2.24. The van der Waals surface area contributed by atoms with Crippen molar-refractivity contribution in [1.82, 2.24) is 9.62 Å². The molecule has 2 rings (SSSR count). The molecule has 1 aliphatic heterocycles. The lowest BCUT2D eigenvalue weighted by Crippen LogP contribution is -2.45. The predicted molar refractivity (Wildman–Crippen MR) is 104 cm³/mol. The fourth-order valence-electron chi connectivity index (χ4n) is 3.32. The number of carbonyl (C=O) groups is 1. The van der Waals surface area contributed by atoms with E-state index in [1.54, 1.807) is 24.3 Å². The van der Waals surface area contributed by atoms with E-state index in [2.05, 4.69) is 12.2 Å². The van der Waals surface area contributed by atoms with Crippen molar-refractivity contribution in [3.63, 3.8) is 0 Å². The number of hydrogen-bond acceptors (Lipinski definition) is 3. The molecule has 0 aliphatic carbocycles. The molecule has 0 spiro atoms. The van der Waals surface area contributed by atoms with Gasteiger partial charge < -0.3 is 5.32 Å². The third kappa shape index (κ3) is 5.81. The molecule has 6 heteroatoms. The fraction of sp³-hybridized carbons (Fsp3) is 0.650. The summed E-state index contributed by atoms with van der Waals surface area (Å²) in [6, 6.07) is 6.90. The lowest BCUT2D eigenvalue weighted by Gasteiger charge is -2.31. The minimum atomic E-state index is -3.53. The first kappa shape index (κ1) is 20.9. The zero-order valence-corrected chi connectivity index (χ0v) is 16.9. The first-order valence-corrected chi connectivity index (χ1v) is 11.2. The molecule has 26 heavy (non-hydrogen) atoms. The van der Waals surface area contributed by atoms with Crippen molar-refractivity contribution in [1.29, 1.82) is 0 Å². The van der Waals surface area contributed by atoms with Crippen LogP contribution in [0.25, 0.3) is 0 Å². The van der Waals surface area contributed by atoms with E-state index in [0.717, 1.165) is 31.2 Å². The van der Waals surface area contributed by atoms with E-state index in [4.69, 9.17) is 0 Å². The van der Waals surface area contributed by atoms with Gasteiger partial charge in [-0.1, -0.05) is 50.3 Å². The van der Waals surface area contributed by atoms with Gasteiger partial charge in [-0.15, -0.1) is 0 Å². The molecule has 0 radical (unpaired) electrons. The standard InChI is InChI=1S/C20H32N2O3S/c1-3-4-5-6-7-14-21-20(23)18-9-8-15-22(16-18)26(24,25)19-12-10-17(2)11-13-19/h10-13,18H,3-9,14-16H2,1-2H3,(H,21,23). The summed E-state index contributed by atoms with van der Waals surface area (Å²) in [6.07, 6.45) is 7.25. The van der Waals surface area contributed by atoms with Crippen molar-refractivity contribution >= 4 is 15.9 Å². The van der Waals surface area contributed by atoms with Gasteiger partial charge in [-0.05, 0) is 38.3 Å². The second-order valence-corrected chi connectivity index (χ2v) is 9.16. The lowest BCUT2D eigenvalue weighted by atomic mass is 9.99. The molecule has 146 valence electrons. The van der Waals surface area contributed by atoms with Crippen molar-refractivity contribution < 1.29 is 13.2 Å². The predicted octanol–water partition coefficient (Wildman–Crippen LogP) is 3.48. The van der Waals surface area contributed by atoms with Crippen LogP contribution in [0.1, 0.15) is 57.4 Å². The van der Waals surface area contributed by atoms with Crippen LogP contribution < -0.4 is 5.32 Å². The number of unbranched alkanes of at least 4 members (excludes halogenated alkanes) is 4. The van der Waals surface area contributed by atoms with Crippen LogP contribution in [0, 0.1) is 12.8 Å². The molecule has 1 aromatic rings. The number of benzene rings is 1. The number of rotatable bonds is 9. The van der Waals surface area contributed by atoms with Gasteiger partial charge in [0.2, 0.25) is 15.9 Å². The van der Waals surface area contributed by atoms with Gasteiger partial charge in [0.1, 0.15) is 0 Å². The number of hydrogen-bond donors (Lipinski definition) is 1. The molecular formula is C20H32N2O3S. The number of sulfonamides is 1. The van der Waals surface area contributed by atoms with E-state index in [9.17, 15) is 13.2 Å². The van der Waals surface area contributed by atoms with Crippen LogP contribution in [0.5, 0.6) is 0 Å². The van der Waals surface area contributed by atoms with E-state index >= 15 is 0 Å². The molecule has 1 aromatic carbocycles. The van der Waals surface area contributed by atoms with Gasteiger partial charge in [0, 0.05) is 19.6 Å². The molecule has 0 aromatic heterocycles. The summed E-state index contributed by atoms with van der Waals surface area (Å²) in [5, 5.41) is 2.99. The molecule has 1 N–H and O–H groups in total. The third-order valence-corrected chi connectivity index (χ3v) is 6.87. The largest absolute Gasteiger partial charge is 0.356 e. The average Bonchev–Trinajstić information content (AvgIpc) is 2.65. The van der Waals surface area contributed by atoms with Gasteiger partial charge in [-0.25, -0.2) is 8.42 Å². The monoisotopic (exact) mass is 380 g/mol. The van der Waals surface area contributed by atoms with Gasteiger partial charge in [-0.3, -0.25) is 4.79 Å². The van der Waals surface area contributed by atoms with Crippen molar-refractivity contribution in [2.75, 3.05) is 19.6 Å². The molecule has 1 saturated heterocycles. The Morgan fingerprint density at radius 2 is 1.85 bits per heavy atom. The van der Waals surface area contributed by atoms with Gasteiger partial charge in [0.05, 0.1) is 10.8 Å². The van der Waals surface area contributed by atoms with Crippen LogP contribution in [0.2, 0.25) is 0 Å².